The van der Waals surface area contributed by atoms with Crippen molar-refractivity contribution in [3.8, 4) is 5.75 Å². The van der Waals surface area contributed by atoms with Crippen LogP contribution in [0.5, 0.6) is 5.75 Å². The van der Waals surface area contributed by atoms with Gasteiger partial charge in [0.2, 0.25) is 0 Å². The Morgan fingerprint density at radius 2 is 2.14 bits per heavy atom. The van der Waals surface area contributed by atoms with Crippen LogP contribution in [0.1, 0.15) is 6.92 Å². The van der Waals surface area contributed by atoms with Gasteiger partial charge in [-0.1, -0.05) is 12.1 Å². The molecule has 0 fully saturated rings. The van der Waals surface area contributed by atoms with Gasteiger partial charge < -0.3 is 15.4 Å². The molecule has 0 saturated carbocycles. The van der Waals surface area contributed by atoms with Crippen LogP contribution in [0.3, 0.4) is 0 Å². The first kappa shape index (κ1) is 10.8. The van der Waals surface area contributed by atoms with Crippen LogP contribution < -0.4 is 15.4 Å². The second-order valence-electron chi connectivity index (χ2n) is 2.68. The van der Waals surface area contributed by atoms with Crippen molar-refractivity contribution >= 4 is 23.0 Å². The van der Waals surface area contributed by atoms with Gasteiger partial charge in [-0.15, -0.1) is 0 Å². The second kappa shape index (κ2) is 5.44. The maximum atomic E-state index is 5.17. The van der Waals surface area contributed by atoms with E-state index in [0.29, 0.717) is 5.11 Å². The lowest BCUT2D eigenvalue weighted by molar-refractivity contribution is 0.417. The van der Waals surface area contributed by atoms with Crippen molar-refractivity contribution in [1.82, 2.24) is 5.32 Å². The SMILES string of the molecule is CCNC(=S)Nc1ccccc1OC. The van der Waals surface area contributed by atoms with Gasteiger partial charge in [0.05, 0.1) is 12.8 Å². The molecule has 3 nitrogen and oxygen atoms in total. The summed E-state index contributed by atoms with van der Waals surface area (Å²) in [5.41, 5.74) is 0.876. The number of para-hydroxylation sites is 2. The molecule has 0 heterocycles. The highest BCUT2D eigenvalue weighted by molar-refractivity contribution is 7.80. The standard InChI is InChI=1S/C10H14N2OS/c1-3-11-10(14)12-8-6-4-5-7-9(8)13-2/h4-7H,3H2,1-2H3,(H2,11,12,14). The van der Waals surface area contributed by atoms with E-state index >= 15 is 0 Å². The first-order chi connectivity index (χ1) is 6.77. The Labute approximate surface area is 89.5 Å². The molecule has 1 aromatic rings. The third kappa shape index (κ3) is 2.88. The number of hydrogen-bond acceptors (Lipinski definition) is 2. The maximum Gasteiger partial charge on any atom is 0.170 e. The molecule has 4 heteroatoms. The first-order valence-corrected chi connectivity index (χ1v) is 4.86. The minimum absolute atomic E-state index is 0.608. The molecule has 14 heavy (non-hydrogen) atoms. The number of hydrogen-bond donors (Lipinski definition) is 2. The molecule has 1 aromatic carbocycles. The van der Waals surface area contributed by atoms with Crippen LogP contribution >= 0.6 is 12.2 Å². The lowest BCUT2D eigenvalue weighted by Crippen LogP contribution is -2.28. The van der Waals surface area contributed by atoms with Gasteiger partial charge in [-0.2, -0.15) is 0 Å². The van der Waals surface area contributed by atoms with E-state index in [-0.39, 0.29) is 0 Å². The third-order valence-electron chi connectivity index (χ3n) is 1.69. The van der Waals surface area contributed by atoms with Crippen LogP contribution in [0, 0.1) is 0 Å². The number of thiocarbonyl (C=S) groups is 1. The number of rotatable bonds is 3. The molecule has 76 valence electrons. The monoisotopic (exact) mass is 210 g/mol. The Hall–Kier alpha value is -1.29. The number of nitrogens with one attached hydrogen (secondary N) is 2. The van der Waals surface area contributed by atoms with Crippen LogP contribution in [0.15, 0.2) is 24.3 Å². The molecular weight excluding hydrogens is 196 g/mol. The third-order valence-corrected chi connectivity index (χ3v) is 1.94. The normalized spacial score (nSPS) is 9.29. The molecule has 0 aliphatic carbocycles. The van der Waals surface area contributed by atoms with Gasteiger partial charge in [0.1, 0.15) is 5.75 Å². The zero-order valence-corrected chi connectivity index (χ0v) is 9.15. The summed E-state index contributed by atoms with van der Waals surface area (Å²) in [4.78, 5) is 0. The van der Waals surface area contributed by atoms with Crippen molar-refractivity contribution in [2.24, 2.45) is 0 Å². The van der Waals surface area contributed by atoms with Crippen LogP contribution in [0.2, 0.25) is 0 Å². The lowest BCUT2D eigenvalue weighted by atomic mass is 10.3. The molecule has 0 saturated heterocycles. The molecule has 0 aliphatic rings. The smallest absolute Gasteiger partial charge is 0.170 e. The van der Waals surface area contributed by atoms with Crippen LogP contribution in [0.4, 0.5) is 5.69 Å². The highest BCUT2D eigenvalue weighted by atomic mass is 32.1. The molecule has 0 radical (unpaired) electrons. The summed E-state index contributed by atoms with van der Waals surface area (Å²) >= 11 is 5.06. The van der Waals surface area contributed by atoms with Crippen molar-refractivity contribution in [2.45, 2.75) is 6.92 Å². The molecule has 0 bridgehead atoms. The van der Waals surface area contributed by atoms with Gasteiger partial charge in [0.15, 0.2) is 5.11 Å². The van der Waals surface area contributed by atoms with Gasteiger partial charge in [-0.3, -0.25) is 0 Å². The summed E-state index contributed by atoms with van der Waals surface area (Å²) in [7, 11) is 1.64. The zero-order chi connectivity index (χ0) is 10.4. The average molecular weight is 210 g/mol. The Balaban J connectivity index is 2.70. The largest absolute Gasteiger partial charge is 0.495 e. The van der Waals surface area contributed by atoms with Crippen molar-refractivity contribution in [1.29, 1.82) is 0 Å². The molecule has 0 spiro atoms. The number of methoxy groups -OCH3 is 1. The molecule has 0 aromatic heterocycles. The van der Waals surface area contributed by atoms with Gasteiger partial charge in [0, 0.05) is 6.54 Å². The molecule has 0 amide bonds. The minimum atomic E-state index is 0.608. The summed E-state index contributed by atoms with van der Waals surface area (Å²) in [6.07, 6.45) is 0. The predicted molar refractivity (Wildman–Crippen MR) is 62.9 cm³/mol. The van der Waals surface area contributed by atoms with Crippen molar-refractivity contribution in [3.63, 3.8) is 0 Å². The maximum absolute atomic E-state index is 5.17. The summed E-state index contributed by atoms with van der Waals surface area (Å²) in [6, 6.07) is 7.65. The quantitative estimate of drug-likeness (QED) is 0.748. The molecular formula is C10H14N2OS. The fourth-order valence-corrected chi connectivity index (χ4v) is 1.33. The Bertz CT molecular complexity index is 315. The van der Waals surface area contributed by atoms with E-state index < -0.39 is 0 Å². The molecule has 2 N–H and O–H groups in total. The van der Waals surface area contributed by atoms with E-state index in [1.807, 2.05) is 31.2 Å². The average Bonchev–Trinajstić information content (AvgIpc) is 2.19. The van der Waals surface area contributed by atoms with Crippen molar-refractivity contribution in [2.75, 3.05) is 19.0 Å². The highest BCUT2D eigenvalue weighted by Gasteiger charge is 2.01. The van der Waals surface area contributed by atoms with E-state index in [1.54, 1.807) is 7.11 Å². The molecule has 0 atom stereocenters. The predicted octanol–water partition coefficient (Wildman–Crippen LogP) is 2.00. The fourth-order valence-electron chi connectivity index (χ4n) is 1.07. The Morgan fingerprint density at radius 1 is 1.43 bits per heavy atom. The minimum Gasteiger partial charge on any atom is -0.495 e. The van der Waals surface area contributed by atoms with E-state index in [2.05, 4.69) is 10.6 Å². The van der Waals surface area contributed by atoms with E-state index in [4.69, 9.17) is 17.0 Å². The van der Waals surface area contributed by atoms with Crippen LogP contribution in [-0.2, 0) is 0 Å². The van der Waals surface area contributed by atoms with Gasteiger partial charge in [-0.25, -0.2) is 0 Å². The Kier molecular flexibility index (Phi) is 4.19. The lowest BCUT2D eigenvalue weighted by Gasteiger charge is -2.11. The zero-order valence-electron chi connectivity index (χ0n) is 8.33. The van der Waals surface area contributed by atoms with E-state index in [1.165, 1.54) is 0 Å². The summed E-state index contributed by atoms with van der Waals surface area (Å²) in [5.74, 6) is 0.785. The molecule has 1 rings (SSSR count). The van der Waals surface area contributed by atoms with E-state index in [0.717, 1.165) is 18.0 Å². The molecule has 0 aliphatic heterocycles. The number of anilines is 1. The van der Waals surface area contributed by atoms with Gasteiger partial charge >= 0.3 is 0 Å². The van der Waals surface area contributed by atoms with Crippen LogP contribution in [0.25, 0.3) is 0 Å². The summed E-state index contributed by atoms with van der Waals surface area (Å²) in [5, 5.41) is 6.68. The van der Waals surface area contributed by atoms with Gasteiger partial charge in [0.25, 0.3) is 0 Å². The van der Waals surface area contributed by atoms with Gasteiger partial charge in [-0.05, 0) is 31.3 Å². The van der Waals surface area contributed by atoms with E-state index in [9.17, 15) is 0 Å². The van der Waals surface area contributed by atoms with Crippen LogP contribution in [-0.4, -0.2) is 18.8 Å². The fraction of sp³-hybridized carbons (Fsp3) is 0.300. The second-order valence-corrected chi connectivity index (χ2v) is 3.09. The first-order valence-electron chi connectivity index (χ1n) is 4.45. The number of ether oxygens (including phenoxy) is 1. The topological polar surface area (TPSA) is 33.3 Å². The molecule has 0 unspecified atom stereocenters. The van der Waals surface area contributed by atoms with Crippen molar-refractivity contribution in [3.05, 3.63) is 24.3 Å². The summed E-state index contributed by atoms with van der Waals surface area (Å²) in [6.45, 7) is 2.80. The Morgan fingerprint density at radius 3 is 2.79 bits per heavy atom. The number of benzene rings is 1. The highest BCUT2D eigenvalue weighted by Crippen LogP contribution is 2.22. The summed E-state index contributed by atoms with van der Waals surface area (Å²) < 4.78 is 5.17. The van der Waals surface area contributed by atoms with Crippen molar-refractivity contribution < 1.29 is 4.74 Å².